The third kappa shape index (κ3) is 3.40. The third-order valence-corrected chi connectivity index (χ3v) is 4.21. The largest absolute Gasteiger partial charge is 0.339 e. The van der Waals surface area contributed by atoms with Gasteiger partial charge in [0.25, 0.3) is 5.91 Å². The molecule has 0 bridgehead atoms. The SMILES string of the molecule is CCN(CC)C(=O)c1cc(C)cc(C2CCNCC2)c1. The second-order valence-corrected chi connectivity index (χ2v) is 5.63. The number of carbonyl (C=O) groups excluding carboxylic acids is 1. The van der Waals surface area contributed by atoms with E-state index < -0.39 is 0 Å². The number of nitrogens with zero attached hydrogens (tertiary/aromatic N) is 1. The van der Waals surface area contributed by atoms with E-state index in [0.29, 0.717) is 5.92 Å². The van der Waals surface area contributed by atoms with Crippen molar-refractivity contribution in [2.75, 3.05) is 26.2 Å². The zero-order valence-electron chi connectivity index (χ0n) is 12.9. The number of benzene rings is 1. The Labute approximate surface area is 122 Å². The summed E-state index contributed by atoms with van der Waals surface area (Å²) >= 11 is 0. The van der Waals surface area contributed by atoms with Gasteiger partial charge in [-0.05, 0) is 70.3 Å². The van der Waals surface area contributed by atoms with Crippen LogP contribution >= 0.6 is 0 Å². The molecule has 1 N–H and O–H groups in total. The number of amides is 1. The van der Waals surface area contributed by atoms with Gasteiger partial charge in [0, 0.05) is 18.7 Å². The minimum absolute atomic E-state index is 0.161. The smallest absolute Gasteiger partial charge is 0.253 e. The first-order chi connectivity index (χ1) is 9.65. The molecule has 0 aliphatic carbocycles. The highest BCUT2D eigenvalue weighted by molar-refractivity contribution is 5.94. The highest BCUT2D eigenvalue weighted by atomic mass is 16.2. The second kappa shape index (κ2) is 6.89. The maximum atomic E-state index is 12.5. The standard InChI is InChI=1S/C17H26N2O/c1-4-19(5-2)17(20)16-11-13(3)10-15(12-16)14-6-8-18-9-7-14/h10-12,14,18H,4-9H2,1-3H3. The molecule has 1 aliphatic heterocycles. The summed E-state index contributed by atoms with van der Waals surface area (Å²) in [6.07, 6.45) is 2.34. The molecule has 2 rings (SSSR count). The number of aryl methyl sites for hydroxylation is 1. The van der Waals surface area contributed by atoms with E-state index in [2.05, 4.69) is 24.4 Å². The van der Waals surface area contributed by atoms with E-state index in [0.717, 1.165) is 31.7 Å². The Kier molecular flexibility index (Phi) is 5.18. The van der Waals surface area contributed by atoms with Gasteiger partial charge < -0.3 is 10.2 Å². The first kappa shape index (κ1) is 15.0. The van der Waals surface area contributed by atoms with Gasteiger partial charge in [-0.3, -0.25) is 4.79 Å². The molecule has 3 nitrogen and oxygen atoms in total. The maximum absolute atomic E-state index is 12.5. The Morgan fingerprint density at radius 1 is 1.20 bits per heavy atom. The lowest BCUT2D eigenvalue weighted by molar-refractivity contribution is 0.0772. The van der Waals surface area contributed by atoms with Gasteiger partial charge in [-0.15, -0.1) is 0 Å². The van der Waals surface area contributed by atoms with Crippen LogP contribution < -0.4 is 5.32 Å². The average Bonchev–Trinajstić information content (AvgIpc) is 2.48. The molecule has 0 aromatic heterocycles. The van der Waals surface area contributed by atoms with E-state index in [1.54, 1.807) is 0 Å². The molecular formula is C17H26N2O. The number of carbonyl (C=O) groups is 1. The van der Waals surface area contributed by atoms with Gasteiger partial charge in [-0.1, -0.05) is 11.6 Å². The normalized spacial score (nSPS) is 16.1. The Morgan fingerprint density at radius 3 is 2.45 bits per heavy atom. The van der Waals surface area contributed by atoms with Crippen LogP contribution in [0.3, 0.4) is 0 Å². The quantitative estimate of drug-likeness (QED) is 0.915. The summed E-state index contributed by atoms with van der Waals surface area (Å²) < 4.78 is 0. The Hall–Kier alpha value is -1.35. The molecule has 20 heavy (non-hydrogen) atoms. The van der Waals surface area contributed by atoms with Crippen molar-refractivity contribution in [2.24, 2.45) is 0 Å². The molecule has 0 radical (unpaired) electrons. The zero-order chi connectivity index (χ0) is 14.5. The van der Waals surface area contributed by atoms with E-state index in [-0.39, 0.29) is 5.91 Å². The molecule has 1 aliphatic rings. The van der Waals surface area contributed by atoms with Crippen LogP contribution in [0.4, 0.5) is 0 Å². The molecule has 0 spiro atoms. The molecule has 0 atom stereocenters. The topological polar surface area (TPSA) is 32.3 Å². The van der Waals surface area contributed by atoms with Gasteiger partial charge in [0.1, 0.15) is 0 Å². The first-order valence-corrected chi connectivity index (χ1v) is 7.77. The van der Waals surface area contributed by atoms with Crippen LogP contribution in [0.1, 0.15) is 54.1 Å². The van der Waals surface area contributed by atoms with Gasteiger partial charge in [0.05, 0.1) is 0 Å². The van der Waals surface area contributed by atoms with Crippen LogP contribution in [-0.2, 0) is 0 Å². The predicted molar refractivity (Wildman–Crippen MR) is 83.3 cm³/mol. The fourth-order valence-electron chi connectivity index (χ4n) is 3.02. The minimum atomic E-state index is 0.161. The summed E-state index contributed by atoms with van der Waals surface area (Å²) in [5.41, 5.74) is 3.38. The average molecular weight is 274 g/mol. The maximum Gasteiger partial charge on any atom is 0.253 e. The summed E-state index contributed by atoms with van der Waals surface area (Å²) in [4.78, 5) is 14.4. The lowest BCUT2D eigenvalue weighted by atomic mass is 9.88. The number of hydrogen-bond acceptors (Lipinski definition) is 2. The van der Waals surface area contributed by atoms with Crippen LogP contribution in [0, 0.1) is 6.92 Å². The molecule has 0 saturated carbocycles. The first-order valence-electron chi connectivity index (χ1n) is 7.77. The van der Waals surface area contributed by atoms with E-state index >= 15 is 0 Å². The Bertz CT molecular complexity index is 460. The van der Waals surface area contributed by atoms with Gasteiger partial charge in [-0.2, -0.15) is 0 Å². The second-order valence-electron chi connectivity index (χ2n) is 5.63. The zero-order valence-corrected chi connectivity index (χ0v) is 12.9. The molecule has 0 unspecified atom stereocenters. The van der Waals surface area contributed by atoms with Gasteiger partial charge >= 0.3 is 0 Å². The lowest BCUT2D eigenvalue weighted by Crippen LogP contribution is -2.31. The Balaban J connectivity index is 2.25. The fourth-order valence-corrected chi connectivity index (χ4v) is 3.02. The van der Waals surface area contributed by atoms with Gasteiger partial charge in [-0.25, -0.2) is 0 Å². The highest BCUT2D eigenvalue weighted by Crippen LogP contribution is 2.27. The lowest BCUT2D eigenvalue weighted by Gasteiger charge is -2.25. The number of rotatable bonds is 4. The summed E-state index contributed by atoms with van der Waals surface area (Å²) in [5.74, 6) is 0.758. The molecule has 1 aromatic rings. The molecule has 1 fully saturated rings. The molecular weight excluding hydrogens is 248 g/mol. The van der Waals surface area contributed by atoms with Crippen LogP contribution in [-0.4, -0.2) is 37.0 Å². The van der Waals surface area contributed by atoms with E-state index in [4.69, 9.17) is 0 Å². The molecule has 1 aromatic carbocycles. The molecule has 110 valence electrons. The fraction of sp³-hybridized carbons (Fsp3) is 0.588. The van der Waals surface area contributed by atoms with Gasteiger partial charge in [0.2, 0.25) is 0 Å². The molecule has 1 amide bonds. The van der Waals surface area contributed by atoms with Crippen LogP contribution in [0.25, 0.3) is 0 Å². The molecule has 1 saturated heterocycles. The highest BCUT2D eigenvalue weighted by Gasteiger charge is 2.19. The van der Waals surface area contributed by atoms with Crippen molar-refractivity contribution in [2.45, 2.75) is 39.5 Å². The van der Waals surface area contributed by atoms with Crippen molar-refractivity contribution < 1.29 is 4.79 Å². The summed E-state index contributed by atoms with van der Waals surface area (Å²) in [5, 5.41) is 3.40. The predicted octanol–water partition coefficient (Wildman–Crippen LogP) is 2.94. The van der Waals surface area contributed by atoms with Gasteiger partial charge in [0.15, 0.2) is 0 Å². The number of piperidine rings is 1. The van der Waals surface area contributed by atoms with Crippen molar-refractivity contribution in [3.8, 4) is 0 Å². The van der Waals surface area contributed by atoms with Crippen LogP contribution in [0.5, 0.6) is 0 Å². The van der Waals surface area contributed by atoms with Crippen molar-refractivity contribution in [3.05, 3.63) is 34.9 Å². The molecule has 3 heteroatoms. The van der Waals surface area contributed by atoms with E-state index in [1.807, 2.05) is 24.8 Å². The number of hydrogen-bond donors (Lipinski definition) is 1. The van der Waals surface area contributed by atoms with Crippen LogP contribution in [0.2, 0.25) is 0 Å². The summed E-state index contributed by atoms with van der Waals surface area (Å²) in [6, 6.07) is 6.38. The summed E-state index contributed by atoms with van der Waals surface area (Å²) in [7, 11) is 0. The van der Waals surface area contributed by atoms with Crippen LogP contribution in [0.15, 0.2) is 18.2 Å². The van der Waals surface area contributed by atoms with Crippen molar-refractivity contribution in [3.63, 3.8) is 0 Å². The monoisotopic (exact) mass is 274 g/mol. The van der Waals surface area contributed by atoms with Crippen molar-refractivity contribution in [1.82, 2.24) is 10.2 Å². The summed E-state index contributed by atoms with van der Waals surface area (Å²) in [6.45, 7) is 9.85. The van der Waals surface area contributed by atoms with E-state index in [9.17, 15) is 4.79 Å². The molecule has 1 heterocycles. The third-order valence-electron chi connectivity index (χ3n) is 4.21. The number of nitrogens with one attached hydrogen (secondary N) is 1. The Morgan fingerprint density at radius 2 is 1.85 bits per heavy atom. The minimum Gasteiger partial charge on any atom is -0.339 e. The van der Waals surface area contributed by atoms with Crippen molar-refractivity contribution in [1.29, 1.82) is 0 Å². The van der Waals surface area contributed by atoms with Crippen molar-refractivity contribution >= 4 is 5.91 Å². The van der Waals surface area contributed by atoms with E-state index in [1.165, 1.54) is 24.0 Å².